The van der Waals surface area contributed by atoms with Gasteiger partial charge in [0, 0.05) is 0 Å². The molecule has 0 atom stereocenters. The van der Waals surface area contributed by atoms with E-state index in [1.54, 1.807) is 0 Å². The van der Waals surface area contributed by atoms with Gasteiger partial charge >= 0.3 is 0 Å². The van der Waals surface area contributed by atoms with E-state index in [4.69, 9.17) is 10.9 Å². The molecular formula is C7H9F2N3O2S. The molecule has 4 N–H and O–H groups in total. The van der Waals surface area contributed by atoms with Crippen molar-refractivity contribution < 1.29 is 17.2 Å². The zero-order valence-corrected chi connectivity index (χ0v) is 8.55. The van der Waals surface area contributed by atoms with Crippen molar-refractivity contribution in [1.29, 1.82) is 0 Å². The Morgan fingerprint density at radius 3 is 2.40 bits per heavy atom. The molecule has 0 aliphatic carbocycles. The fraction of sp³-hybridized carbons (Fsp3) is 0.286. The lowest BCUT2D eigenvalue weighted by molar-refractivity contribution is 0.147. The summed E-state index contributed by atoms with van der Waals surface area (Å²) in [5.41, 5.74) is 4.85. The van der Waals surface area contributed by atoms with Crippen LogP contribution in [0.15, 0.2) is 11.1 Å². The van der Waals surface area contributed by atoms with Crippen molar-refractivity contribution >= 4 is 15.8 Å². The first kappa shape index (κ1) is 11.8. The van der Waals surface area contributed by atoms with Crippen molar-refractivity contribution in [2.24, 2.45) is 5.14 Å². The molecular weight excluding hydrogens is 228 g/mol. The number of anilines is 1. The second-order valence-electron chi connectivity index (χ2n) is 2.93. The molecule has 0 aliphatic heterocycles. The molecule has 0 fully saturated rings. The molecule has 1 heterocycles. The van der Waals surface area contributed by atoms with E-state index in [1.807, 2.05) is 0 Å². The van der Waals surface area contributed by atoms with Crippen LogP contribution in [0.3, 0.4) is 0 Å². The van der Waals surface area contributed by atoms with Crippen LogP contribution >= 0.6 is 0 Å². The highest BCUT2D eigenvalue weighted by atomic mass is 32.2. The number of aryl methyl sites for hydroxylation is 1. The van der Waals surface area contributed by atoms with Gasteiger partial charge in [-0.1, -0.05) is 0 Å². The number of pyridine rings is 1. The molecule has 0 bridgehead atoms. The fourth-order valence-corrected chi connectivity index (χ4v) is 1.72. The molecule has 8 heteroatoms. The summed E-state index contributed by atoms with van der Waals surface area (Å²) in [6.45, 7) is 1.45. The lowest BCUT2D eigenvalue weighted by Gasteiger charge is -2.08. The van der Waals surface area contributed by atoms with Crippen LogP contribution < -0.4 is 10.9 Å². The number of primary sulfonamides is 1. The van der Waals surface area contributed by atoms with Gasteiger partial charge in [0.1, 0.15) is 5.82 Å². The minimum atomic E-state index is -4.29. The van der Waals surface area contributed by atoms with E-state index in [0.29, 0.717) is 0 Å². The number of alkyl halides is 2. The van der Waals surface area contributed by atoms with E-state index in [-0.39, 0.29) is 11.4 Å². The van der Waals surface area contributed by atoms with Gasteiger partial charge in [-0.2, -0.15) is 0 Å². The van der Waals surface area contributed by atoms with E-state index in [2.05, 4.69) is 4.98 Å². The maximum absolute atomic E-state index is 12.5. The topological polar surface area (TPSA) is 99.1 Å². The quantitative estimate of drug-likeness (QED) is 0.784. The lowest BCUT2D eigenvalue weighted by Crippen LogP contribution is -2.18. The molecule has 15 heavy (non-hydrogen) atoms. The fourth-order valence-electron chi connectivity index (χ4n) is 1.02. The van der Waals surface area contributed by atoms with Crippen LogP contribution in [0.1, 0.15) is 17.6 Å². The Bertz CT molecular complexity index is 487. The summed E-state index contributed by atoms with van der Waals surface area (Å²) < 4.78 is 46.8. The number of rotatable bonds is 2. The summed E-state index contributed by atoms with van der Waals surface area (Å²) in [6, 6.07) is 0.965. The number of nitrogens with zero attached hydrogens (tertiary/aromatic N) is 1. The third-order valence-corrected chi connectivity index (χ3v) is 2.62. The summed E-state index contributed by atoms with van der Waals surface area (Å²) >= 11 is 0. The van der Waals surface area contributed by atoms with Crippen LogP contribution in [0.25, 0.3) is 0 Å². The van der Waals surface area contributed by atoms with Crippen molar-refractivity contribution in [3.63, 3.8) is 0 Å². The maximum atomic E-state index is 12.5. The molecule has 0 spiro atoms. The minimum Gasteiger partial charge on any atom is -0.383 e. The molecule has 1 aromatic heterocycles. The van der Waals surface area contributed by atoms with E-state index in [0.717, 1.165) is 6.07 Å². The molecule has 0 saturated heterocycles. The Morgan fingerprint density at radius 1 is 1.47 bits per heavy atom. The van der Waals surface area contributed by atoms with Gasteiger partial charge in [0.2, 0.25) is 0 Å². The molecule has 0 unspecified atom stereocenters. The monoisotopic (exact) mass is 237 g/mol. The van der Waals surface area contributed by atoms with Gasteiger partial charge in [0.25, 0.3) is 16.4 Å². The molecule has 0 aliphatic rings. The molecule has 0 radical (unpaired) electrons. The van der Waals surface area contributed by atoms with Gasteiger partial charge in [-0.3, -0.25) is 0 Å². The minimum absolute atomic E-state index is 0.136. The van der Waals surface area contributed by atoms with E-state index >= 15 is 0 Å². The maximum Gasteiger partial charge on any atom is 0.266 e. The van der Waals surface area contributed by atoms with Gasteiger partial charge in [-0.05, 0) is 18.6 Å². The highest BCUT2D eigenvalue weighted by molar-refractivity contribution is 7.89. The summed E-state index contributed by atoms with van der Waals surface area (Å²) in [6.07, 6.45) is -2.97. The first-order valence-electron chi connectivity index (χ1n) is 3.81. The second kappa shape index (κ2) is 3.70. The number of sulfonamides is 1. The smallest absolute Gasteiger partial charge is 0.266 e. The van der Waals surface area contributed by atoms with Crippen molar-refractivity contribution in [2.75, 3.05) is 5.73 Å². The predicted octanol–water partition coefficient (Wildman–Crippen LogP) is 0.557. The van der Waals surface area contributed by atoms with E-state index < -0.39 is 27.0 Å². The van der Waals surface area contributed by atoms with Crippen LogP contribution in [-0.2, 0) is 10.0 Å². The molecule has 0 amide bonds. The van der Waals surface area contributed by atoms with Crippen LogP contribution in [0.2, 0.25) is 0 Å². The number of hydrogen-bond acceptors (Lipinski definition) is 4. The predicted molar refractivity (Wildman–Crippen MR) is 49.7 cm³/mol. The standard InChI is InChI=1S/C7H9F2N3O2S/c1-3-2-4(5(8)9)7(12-6(3)10)15(11,13)14/h2,5H,1H3,(H2,10,12)(H2,11,13,14). The molecule has 1 aromatic rings. The highest BCUT2D eigenvalue weighted by Crippen LogP contribution is 2.26. The third-order valence-electron chi connectivity index (χ3n) is 1.75. The Morgan fingerprint density at radius 2 is 2.00 bits per heavy atom. The summed E-state index contributed by atoms with van der Waals surface area (Å²) in [4.78, 5) is 3.35. The van der Waals surface area contributed by atoms with E-state index in [9.17, 15) is 17.2 Å². The zero-order valence-electron chi connectivity index (χ0n) is 7.74. The molecule has 0 aromatic carbocycles. The third kappa shape index (κ3) is 2.39. The van der Waals surface area contributed by atoms with Crippen LogP contribution in [0.5, 0.6) is 0 Å². The van der Waals surface area contributed by atoms with Crippen molar-refractivity contribution in [1.82, 2.24) is 4.98 Å². The molecule has 5 nitrogen and oxygen atoms in total. The Balaban J connectivity index is 3.56. The van der Waals surface area contributed by atoms with Crippen molar-refractivity contribution in [3.8, 4) is 0 Å². The summed E-state index contributed by atoms with van der Waals surface area (Å²) in [5.74, 6) is -0.136. The second-order valence-corrected chi connectivity index (χ2v) is 4.41. The van der Waals surface area contributed by atoms with Crippen molar-refractivity contribution in [2.45, 2.75) is 18.4 Å². The van der Waals surface area contributed by atoms with Crippen LogP contribution in [0, 0.1) is 6.92 Å². The average Bonchev–Trinajstić information content (AvgIpc) is 2.06. The number of nitrogen functional groups attached to an aromatic ring is 1. The molecule has 84 valence electrons. The number of aromatic nitrogens is 1. The number of halogens is 2. The SMILES string of the molecule is Cc1cc(C(F)F)c(S(N)(=O)=O)nc1N. The first-order valence-corrected chi connectivity index (χ1v) is 5.36. The molecule has 0 saturated carbocycles. The van der Waals surface area contributed by atoms with Crippen LogP contribution in [-0.4, -0.2) is 13.4 Å². The van der Waals surface area contributed by atoms with Crippen LogP contribution in [0.4, 0.5) is 14.6 Å². The van der Waals surface area contributed by atoms with Gasteiger partial charge in [0.05, 0.1) is 5.56 Å². The number of hydrogen-bond donors (Lipinski definition) is 2. The average molecular weight is 237 g/mol. The van der Waals surface area contributed by atoms with Gasteiger partial charge in [-0.25, -0.2) is 27.3 Å². The van der Waals surface area contributed by atoms with Gasteiger partial charge < -0.3 is 5.73 Å². The van der Waals surface area contributed by atoms with Gasteiger partial charge in [-0.15, -0.1) is 0 Å². The van der Waals surface area contributed by atoms with Gasteiger partial charge in [0.15, 0.2) is 5.03 Å². The summed E-state index contributed by atoms with van der Waals surface area (Å²) in [7, 11) is -4.29. The van der Waals surface area contributed by atoms with Crippen molar-refractivity contribution in [3.05, 3.63) is 17.2 Å². The summed E-state index contributed by atoms with van der Waals surface area (Å²) in [5, 5.41) is 3.86. The Kier molecular flexibility index (Phi) is 2.91. The first-order chi connectivity index (χ1) is 6.73. The molecule has 1 rings (SSSR count). The largest absolute Gasteiger partial charge is 0.383 e. The normalized spacial score (nSPS) is 12.1. The van der Waals surface area contributed by atoms with E-state index in [1.165, 1.54) is 6.92 Å². The Hall–Kier alpha value is -1.28. The zero-order chi connectivity index (χ0) is 11.8. The highest BCUT2D eigenvalue weighted by Gasteiger charge is 2.23. The number of nitrogens with two attached hydrogens (primary N) is 2. The Labute approximate surface area is 85.2 Å². The lowest BCUT2D eigenvalue weighted by atomic mass is 10.2.